The Hall–Kier alpha value is -2.78. The van der Waals surface area contributed by atoms with Gasteiger partial charge < -0.3 is 10.2 Å². The van der Waals surface area contributed by atoms with Crippen molar-refractivity contribution in [1.29, 1.82) is 0 Å². The number of halogens is 3. The monoisotopic (exact) mass is 595 g/mol. The van der Waals surface area contributed by atoms with Gasteiger partial charge in [0.25, 0.3) is 10.0 Å². The standard InChI is InChI=1S/C27H28Cl3N3O4S/c1-4-31-27(35)19(3)32(16-20-7-8-22(29)15-25(20)30)26(34)17-33(23-11-9-21(28)10-12-23)38(36,37)24-13-5-18(2)6-14-24/h5-15,19H,4,16-17H2,1-3H3,(H,31,35). The second-order valence-corrected chi connectivity index (χ2v) is 11.8. The summed E-state index contributed by atoms with van der Waals surface area (Å²) in [4.78, 5) is 27.9. The van der Waals surface area contributed by atoms with Crippen molar-refractivity contribution < 1.29 is 18.0 Å². The molecule has 2 amide bonds. The molecule has 0 saturated carbocycles. The summed E-state index contributed by atoms with van der Waals surface area (Å²) in [5, 5.41) is 3.87. The molecule has 202 valence electrons. The van der Waals surface area contributed by atoms with Gasteiger partial charge in [-0.1, -0.05) is 58.6 Å². The number of benzene rings is 3. The van der Waals surface area contributed by atoms with E-state index in [0.29, 0.717) is 27.2 Å². The van der Waals surface area contributed by atoms with Crippen LogP contribution in [0.5, 0.6) is 0 Å². The molecule has 0 aliphatic heterocycles. The summed E-state index contributed by atoms with van der Waals surface area (Å²) in [6.45, 7) is 4.96. The molecule has 0 aliphatic carbocycles. The van der Waals surface area contributed by atoms with E-state index in [1.165, 1.54) is 29.2 Å². The molecule has 3 aromatic rings. The number of hydrogen-bond donors (Lipinski definition) is 1. The molecule has 0 radical (unpaired) electrons. The van der Waals surface area contributed by atoms with Crippen molar-refractivity contribution >= 4 is 62.3 Å². The minimum absolute atomic E-state index is 0.0231. The van der Waals surface area contributed by atoms with E-state index in [1.807, 2.05) is 6.92 Å². The van der Waals surface area contributed by atoms with Crippen LogP contribution in [0.25, 0.3) is 0 Å². The largest absolute Gasteiger partial charge is 0.355 e. The van der Waals surface area contributed by atoms with Crippen LogP contribution in [0.15, 0.2) is 71.6 Å². The van der Waals surface area contributed by atoms with Gasteiger partial charge in [-0.25, -0.2) is 8.42 Å². The maximum Gasteiger partial charge on any atom is 0.264 e. The summed E-state index contributed by atoms with van der Waals surface area (Å²) >= 11 is 18.4. The molecule has 11 heteroatoms. The van der Waals surface area contributed by atoms with Gasteiger partial charge in [0.1, 0.15) is 12.6 Å². The highest BCUT2D eigenvalue weighted by atomic mass is 35.5. The summed E-state index contributed by atoms with van der Waals surface area (Å²) in [6, 6.07) is 16.4. The van der Waals surface area contributed by atoms with E-state index in [9.17, 15) is 18.0 Å². The van der Waals surface area contributed by atoms with E-state index in [1.54, 1.807) is 56.3 Å². The number of carbonyl (C=O) groups is 2. The van der Waals surface area contributed by atoms with Crippen LogP contribution in [0.2, 0.25) is 15.1 Å². The maximum absolute atomic E-state index is 13.8. The summed E-state index contributed by atoms with van der Waals surface area (Å²) < 4.78 is 28.5. The topological polar surface area (TPSA) is 86.8 Å². The number of sulfonamides is 1. The number of hydrogen-bond acceptors (Lipinski definition) is 4. The first kappa shape index (κ1) is 29.8. The van der Waals surface area contributed by atoms with Gasteiger partial charge in [-0.05, 0) is 74.9 Å². The number of rotatable bonds is 10. The summed E-state index contributed by atoms with van der Waals surface area (Å²) in [6.07, 6.45) is 0. The molecule has 0 aliphatic rings. The van der Waals surface area contributed by atoms with Crippen molar-refractivity contribution in [3.8, 4) is 0 Å². The van der Waals surface area contributed by atoms with Crippen molar-refractivity contribution in [3.05, 3.63) is 92.9 Å². The molecule has 3 aromatic carbocycles. The fourth-order valence-corrected chi connectivity index (χ4v) is 5.72. The minimum Gasteiger partial charge on any atom is -0.355 e. The lowest BCUT2D eigenvalue weighted by molar-refractivity contribution is -0.139. The van der Waals surface area contributed by atoms with E-state index in [2.05, 4.69) is 5.32 Å². The van der Waals surface area contributed by atoms with E-state index in [0.717, 1.165) is 9.87 Å². The highest BCUT2D eigenvalue weighted by molar-refractivity contribution is 7.92. The second-order valence-electron chi connectivity index (χ2n) is 8.63. The zero-order valence-electron chi connectivity index (χ0n) is 21.1. The summed E-state index contributed by atoms with van der Waals surface area (Å²) in [5.41, 5.74) is 1.69. The average Bonchev–Trinajstić information content (AvgIpc) is 2.87. The van der Waals surface area contributed by atoms with Crippen molar-refractivity contribution in [2.24, 2.45) is 0 Å². The summed E-state index contributed by atoms with van der Waals surface area (Å²) in [7, 11) is -4.16. The Labute approximate surface area is 238 Å². The van der Waals surface area contributed by atoms with Gasteiger partial charge in [-0.2, -0.15) is 0 Å². The van der Waals surface area contributed by atoms with Gasteiger partial charge in [0.15, 0.2) is 0 Å². The van der Waals surface area contributed by atoms with Crippen LogP contribution in [-0.4, -0.2) is 44.3 Å². The van der Waals surface area contributed by atoms with Crippen LogP contribution < -0.4 is 9.62 Å². The molecule has 0 fully saturated rings. The lowest BCUT2D eigenvalue weighted by Gasteiger charge is -2.32. The molecule has 3 rings (SSSR count). The van der Waals surface area contributed by atoms with Crippen molar-refractivity contribution in [2.45, 2.75) is 38.3 Å². The van der Waals surface area contributed by atoms with E-state index in [-0.39, 0.29) is 23.0 Å². The number of nitrogens with zero attached hydrogens (tertiary/aromatic N) is 2. The SMILES string of the molecule is CCNC(=O)C(C)N(Cc1ccc(Cl)cc1Cl)C(=O)CN(c1ccc(Cl)cc1)S(=O)(=O)c1ccc(C)cc1. The third-order valence-corrected chi connectivity index (χ3v) is 8.50. The maximum atomic E-state index is 13.8. The van der Waals surface area contributed by atoms with Gasteiger partial charge in [-0.15, -0.1) is 0 Å². The number of aryl methyl sites for hydroxylation is 1. The lowest BCUT2D eigenvalue weighted by atomic mass is 10.1. The quantitative estimate of drug-likeness (QED) is 0.325. The van der Waals surface area contributed by atoms with E-state index >= 15 is 0 Å². The molecular weight excluding hydrogens is 569 g/mol. The van der Waals surface area contributed by atoms with Crippen LogP contribution in [0.1, 0.15) is 25.0 Å². The molecule has 1 N–H and O–H groups in total. The number of amides is 2. The highest BCUT2D eigenvalue weighted by Gasteiger charge is 2.32. The molecule has 38 heavy (non-hydrogen) atoms. The Morgan fingerprint density at radius 3 is 2.11 bits per heavy atom. The number of carbonyl (C=O) groups excluding carboxylic acids is 2. The van der Waals surface area contributed by atoms with Crippen molar-refractivity contribution in [3.63, 3.8) is 0 Å². The third kappa shape index (κ3) is 7.20. The normalized spacial score (nSPS) is 12.1. The molecule has 7 nitrogen and oxygen atoms in total. The van der Waals surface area contributed by atoms with Gasteiger partial charge in [0.05, 0.1) is 10.6 Å². The van der Waals surface area contributed by atoms with E-state index < -0.39 is 28.5 Å². The number of anilines is 1. The smallest absolute Gasteiger partial charge is 0.264 e. The third-order valence-electron chi connectivity index (χ3n) is 5.88. The van der Waals surface area contributed by atoms with Crippen molar-refractivity contribution in [1.82, 2.24) is 10.2 Å². The Morgan fingerprint density at radius 2 is 1.53 bits per heavy atom. The Bertz CT molecular complexity index is 1400. The van der Waals surface area contributed by atoms with Crippen LogP contribution >= 0.6 is 34.8 Å². The first-order valence-corrected chi connectivity index (χ1v) is 14.4. The second kappa shape index (κ2) is 12.8. The van der Waals surface area contributed by atoms with Crippen LogP contribution in [0.4, 0.5) is 5.69 Å². The molecule has 0 heterocycles. The lowest BCUT2D eigenvalue weighted by Crippen LogP contribution is -2.51. The Morgan fingerprint density at radius 1 is 0.921 bits per heavy atom. The zero-order chi connectivity index (χ0) is 28.0. The molecule has 0 aromatic heterocycles. The summed E-state index contributed by atoms with van der Waals surface area (Å²) in [5.74, 6) is -0.981. The molecule has 0 spiro atoms. The molecule has 0 bridgehead atoms. The molecular formula is C27H28Cl3N3O4S. The van der Waals surface area contributed by atoms with Crippen LogP contribution in [0.3, 0.4) is 0 Å². The van der Waals surface area contributed by atoms with Crippen LogP contribution in [-0.2, 0) is 26.2 Å². The molecule has 1 unspecified atom stereocenters. The average molecular weight is 597 g/mol. The number of nitrogens with one attached hydrogen (secondary N) is 1. The van der Waals surface area contributed by atoms with Gasteiger partial charge >= 0.3 is 0 Å². The zero-order valence-corrected chi connectivity index (χ0v) is 24.2. The minimum atomic E-state index is -4.16. The van der Waals surface area contributed by atoms with Gasteiger partial charge in [0, 0.05) is 28.2 Å². The van der Waals surface area contributed by atoms with Gasteiger partial charge in [-0.3, -0.25) is 13.9 Å². The fraction of sp³-hybridized carbons (Fsp3) is 0.259. The number of likely N-dealkylation sites (N-methyl/N-ethyl adjacent to an activating group) is 1. The van der Waals surface area contributed by atoms with Crippen LogP contribution in [0, 0.1) is 6.92 Å². The van der Waals surface area contributed by atoms with Crippen molar-refractivity contribution in [2.75, 3.05) is 17.4 Å². The Kier molecular flexibility index (Phi) is 10.1. The first-order valence-electron chi connectivity index (χ1n) is 11.8. The predicted octanol–water partition coefficient (Wildman–Crippen LogP) is 5.70. The van der Waals surface area contributed by atoms with E-state index in [4.69, 9.17) is 34.8 Å². The first-order chi connectivity index (χ1) is 17.9. The molecule has 1 atom stereocenters. The highest BCUT2D eigenvalue weighted by Crippen LogP contribution is 2.27. The molecule has 0 saturated heterocycles. The predicted molar refractivity (Wildman–Crippen MR) is 152 cm³/mol. The fourth-order valence-electron chi connectivity index (χ4n) is 3.71. The van der Waals surface area contributed by atoms with Gasteiger partial charge in [0.2, 0.25) is 11.8 Å². The Balaban J connectivity index is 2.04.